The van der Waals surface area contributed by atoms with Crippen LogP contribution in [0.4, 0.5) is 5.13 Å². The standard InChI is InChI=1S/C21H22N4O4S2/c1-13-8-10-14(11-9-13)18(26)22-19-23-24-20(30-19)31(27,28)25-16-12-21(2,3)29-17-7-5-4-6-15(16)17/h4-11,16,25H,12H2,1-3H3,(H,22,23,26)/t16-/m1/s1. The van der Waals surface area contributed by atoms with E-state index in [1.165, 1.54) is 0 Å². The van der Waals surface area contributed by atoms with Gasteiger partial charge >= 0.3 is 0 Å². The maximum absolute atomic E-state index is 13.0. The fourth-order valence-electron chi connectivity index (χ4n) is 3.39. The van der Waals surface area contributed by atoms with Gasteiger partial charge in [0, 0.05) is 17.5 Å². The van der Waals surface area contributed by atoms with E-state index in [9.17, 15) is 13.2 Å². The zero-order chi connectivity index (χ0) is 22.2. The Kier molecular flexibility index (Phi) is 5.54. The summed E-state index contributed by atoms with van der Waals surface area (Å²) in [4.78, 5) is 12.4. The van der Waals surface area contributed by atoms with E-state index in [-0.39, 0.29) is 15.4 Å². The molecule has 2 aromatic carbocycles. The van der Waals surface area contributed by atoms with Gasteiger partial charge in [-0.3, -0.25) is 10.1 Å². The monoisotopic (exact) mass is 458 g/mol. The van der Waals surface area contributed by atoms with Gasteiger partial charge in [0.05, 0.1) is 6.04 Å². The lowest BCUT2D eigenvalue weighted by atomic mass is 9.90. The van der Waals surface area contributed by atoms with Crippen LogP contribution in [0.5, 0.6) is 5.75 Å². The van der Waals surface area contributed by atoms with Gasteiger partial charge in [0.2, 0.25) is 9.47 Å². The van der Waals surface area contributed by atoms with Crippen LogP contribution in [0.1, 0.15) is 47.8 Å². The van der Waals surface area contributed by atoms with Crippen molar-refractivity contribution in [2.75, 3.05) is 5.32 Å². The molecule has 0 saturated carbocycles. The fourth-order valence-corrected chi connectivity index (χ4v) is 5.51. The van der Waals surface area contributed by atoms with Gasteiger partial charge in [-0.15, -0.1) is 10.2 Å². The minimum atomic E-state index is -3.95. The van der Waals surface area contributed by atoms with E-state index in [1.807, 2.05) is 57.2 Å². The van der Waals surface area contributed by atoms with E-state index < -0.39 is 21.7 Å². The molecule has 3 aromatic rings. The Morgan fingerprint density at radius 3 is 2.58 bits per heavy atom. The van der Waals surface area contributed by atoms with Gasteiger partial charge in [0.1, 0.15) is 11.4 Å². The molecule has 0 saturated heterocycles. The number of rotatable bonds is 5. The summed E-state index contributed by atoms with van der Waals surface area (Å²) in [5, 5.41) is 10.3. The van der Waals surface area contributed by atoms with Crippen LogP contribution in [0.15, 0.2) is 52.9 Å². The molecule has 2 heterocycles. The molecule has 1 amide bonds. The topological polar surface area (TPSA) is 110 Å². The number of carbonyl (C=O) groups is 1. The molecule has 8 nitrogen and oxygen atoms in total. The Labute approximate surface area is 184 Å². The highest BCUT2D eigenvalue weighted by Crippen LogP contribution is 2.40. The second kappa shape index (κ2) is 8.03. The third-order valence-electron chi connectivity index (χ3n) is 4.84. The molecule has 0 bridgehead atoms. The lowest BCUT2D eigenvalue weighted by Gasteiger charge is -2.37. The molecule has 2 N–H and O–H groups in total. The van der Waals surface area contributed by atoms with E-state index in [0.29, 0.717) is 17.7 Å². The predicted octanol–water partition coefficient (Wildman–Crippen LogP) is 3.68. The summed E-state index contributed by atoms with van der Waals surface area (Å²) in [7, 11) is -3.95. The zero-order valence-electron chi connectivity index (χ0n) is 17.2. The molecule has 0 aliphatic carbocycles. The van der Waals surface area contributed by atoms with Gasteiger partial charge < -0.3 is 4.74 Å². The molecule has 162 valence electrons. The smallest absolute Gasteiger partial charge is 0.270 e. The van der Waals surface area contributed by atoms with E-state index in [4.69, 9.17) is 4.74 Å². The van der Waals surface area contributed by atoms with Crippen LogP contribution in [-0.2, 0) is 10.0 Å². The number of hydrogen-bond acceptors (Lipinski definition) is 7. The average Bonchev–Trinajstić information content (AvgIpc) is 3.17. The first kappa shape index (κ1) is 21.4. The van der Waals surface area contributed by atoms with Gasteiger partial charge in [0.15, 0.2) is 0 Å². The van der Waals surface area contributed by atoms with Crippen molar-refractivity contribution in [3.63, 3.8) is 0 Å². The van der Waals surface area contributed by atoms with Gasteiger partial charge in [-0.25, -0.2) is 13.1 Å². The number of amides is 1. The van der Waals surface area contributed by atoms with Crippen LogP contribution in [0.2, 0.25) is 0 Å². The van der Waals surface area contributed by atoms with E-state index in [2.05, 4.69) is 20.2 Å². The molecule has 0 spiro atoms. The Bertz CT molecular complexity index is 1220. The van der Waals surface area contributed by atoms with Crippen molar-refractivity contribution in [1.82, 2.24) is 14.9 Å². The molecular weight excluding hydrogens is 436 g/mol. The second-order valence-corrected chi connectivity index (χ2v) is 10.8. The van der Waals surface area contributed by atoms with Crippen molar-refractivity contribution in [2.45, 2.75) is 43.2 Å². The van der Waals surface area contributed by atoms with E-state index in [0.717, 1.165) is 22.5 Å². The molecule has 10 heteroatoms. The van der Waals surface area contributed by atoms with E-state index >= 15 is 0 Å². The summed E-state index contributed by atoms with van der Waals surface area (Å²) in [6.07, 6.45) is 0.457. The van der Waals surface area contributed by atoms with Gasteiger partial charge in [0.25, 0.3) is 15.9 Å². The highest BCUT2D eigenvalue weighted by Gasteiger charge is 2.36. The minimum absolute atomic E-state index is 0.110. The minimum Gasteiger partial charge on any atom is -0.487 e. The number of aryl methyl sites for hydroxylation is 1. The highest BCUT2D eigenvalue weighted by atomic mass is 32.2. The van der Waals surface area contributed by atoms with Crippen molar-refractivity contribution in [3.8, 4) is 5.75 Å². The summed E-state index contributed by atoms with van der Waals surface area (Å²) < 4.78 is 34.4. The summed E-state index contributed by atoms with van der Waals surface area (Å²) in [6.45, 7) is 5.75. The predicted molar refractivity (Wildman–Crippen MR) is 118 cm³/mol. The molecule has 1 aliphatic rings. The third kappa shape index (κ3) is 4.76. The molecule has 1 atom stereocenters. The zero-order valence-corrected chi connectivity index (χ0v) is 18.9. The summed E-state index contributed by atoms with van der Waals surface area (Å²) in [6, 6.07) is 13.9. The molecule has 1 aromatic heterocycles. The van der Waals surface area contributed by atoms with Crippen molar-refractivity contribution < 1.29 is 17.9 Å². The Morgan fingerprint density at radius 2 is 1.84 bits per heavy atom. The van der Waals surface area contributed by atoms with Crippen LogP contribution in [-0.4, -0.2) is 30.1 Å². The summed E-state index contributed by atoms with van der Waals surface area (Å²) in [5.74, 6) is 0.267. The molecule has 0 fully saturated rings. The van der Waals surface area contributed by atoms with E-state index in [1.54, 1.807) is 12.1 Å². The fraction of sp³-hybridized carbons (Fsp3) is 0.286. The lowest BCUT2D eigenvalue weighted by molar-refractivity contribution is 0.0702. The number of nitrogens with one attached hydrogen (secondary N) is 2. The Balaban J connectivity index is 1.52. The van der Waals surface area contributed by atoms with Crippen LogP contribution in [0, 0.1) is 6.92 Å². The molecule has 1 aliphatic heterocycles. The summed E-state index contributed by atoms with van der Waals surface area (Å²) in [5.41, 5.74) is 1.72. The van der Waals surface area contributed by atoms with Crippen LogP contribution in [0.25, 0.3) is 0 Å². The molecule has 0 radical (unpaired) electrons. The number of hydrogen-bond donors (Lipinski definition) is 2. The third-order valence-corrected chi connectivity index (χ3v) is 7.52. The first-order valence-electron chi connectivity index (χ1n) is 9.65. The number of ether oxygens (including phenoxy) is 1. The number of nitrogens with zero attached hydrogens (tertiary/aromatic N) is 2. The average molecular weight is 459 g/mol. The first-order valence-corrected chi connectivity index (χ1v) is 11.9. The summed E-state index contributed by atoms with van der Waals surface area (Å²) >= 11 is 0.800. The second-order valence-electron chi connectivity index (χ2n) is 7.97. The number of sulfonamides is 1. The largest absolute Gasteiger partial charge is 0.487 e. The lowest BCUT2D eigenvalue weighted by Crippen LogP contribution is -2.41. The Morgan fingerprint density at radius 1 is 1.13 bits per heavy atom. The first-order chi connectivity index (χ1) is 14.6. The molecule has 0 unspecified atom stereocenters. The van der Waals surface area contributed by atoms with Crippen LogP contribution < -0.4 is 14.8 Å². The number of para-hydroxylation sites is 1. The van der Waals surface area contributed by atoms with Crippen LogP contribution >= 0.6 is 11.3 Å². The van der Waals surface area contributed by atoms with Gasteiger partial charge in [-0.05, 0) is 39.0 Å². The van der Waals surface area contributed by atoms with Crippen LogP contribution in [0.3, 0.4) is 0 Å². The normalized spacial score (nSPS) is 17.5. The van der Waals surface area contributed by atoms with Crippen molar-refractivity contribution in [1.29, 1.82) is 0 Å². The number of benzene rings is 2. The SMILES string of the molecule is Cc1ccc(C(=O)Nc2nnc(S(=O)(=O)N[C@@H]3CC(C)(C)Oc4ccccc43)s2)cc1. The van der Waals surface area contributed by atoms with Gasteiger partial charge in [-0.2, -0.15) is 0 Å². The number of fused-ring (bicyclic) bond motifs is 1. The molecule has 31 heavy (non-hydrogen) atoms. The number of anilines is 1. The number of carbonyl (C=O) groups excluding carboxylic acids is 1. The highest BCUT2D eigenvalue weighted by molar-refractivity contribution is 7.91. The maximum Gasteiger partial charge on any atom is 0.270 e. The molecule has 4 rings (SSSR count). The van der Waals surface area contributed by atoms with Crippen molar-refractivity contribution in [2.24, 2.45) is 0 Å². The Hall–Kier alpha value is -2.82. The quantitative estimate of drug-likeness (QED) is 0.565. The molecular formula is C21H22N4O4S2. The van der Waals surface area contributed by atoms with Crippen molar-refractivity contribution in [3.05, 3.63) is 65.2 Å². The van der Waals surface area contributed by atoms with Gasteiger partial charge in [-0.1, -0.05) is 47.2 Å². The number of aromatic nitrogens is 2. The maximum atomic E-state index is 13.0. The van der Waals surface area contributed by atoms with Crippen molar-refractivity contribution >= 4 is 32.4 Å².